The smallest absolute Gasteiger partial charge is 0.172 e. The molecule has 0 atom stereocenters. The molecule has 0 N–H and O–H groups in total. The van der Waals surface area contributed by atoms with Crippen LogP contribution < -0.4 is 0 Å². The van der Waals surface area contributed by atoms with Gasteiger partial charge in [-0.15, -0.1) is 23.1 Å². The molecule has 0 saturated carbocycles. The number of carbonyl (C=O) groups excluding carboxylic acids is 1. The second-order valence-electron chi connectivity index (χ2n) is 3.14. The standard InChI is InChI=1S/C11H16OS2/c1-3-5-9(12)10-6-7-11(14-10)13-8-4-2/h6-7H,3-5,8H2,1-2H3. The Hall–Kier alpha value is -0.280. The van der Waals surface area contributed by atoms with E-state index < -0.39 is 0 Å². The predicted octanol–water partition coefficient (Wildman–Crippen LogP) is 4.23. The maximum Gasteiger partial charge on any atom is 0.172 e. The van der Waals surface area contributed by atoms with Crippen LogP contribution in [0.5, 0.6) is 0 Å². The fourth-order valence-corrected chi connectivity index (χ4v) is 3.13. The molecular weight excluding hydrogens is 212 g/mol. The normalized spacial score (nSPS) is 10.4. The fraction of sp³-hybridized carbons (Fsp3) is 0.545. The van der Waals surface area contributed by atoms with E-state index in [4.69, 9.17) is 0 Å². The van der Waals surface area contributed by atoms with Gasteiger partial charge in [0.2, 0.25) is 0 Å². The maximum atomic E-state index is 11.5. The van der Waals surface area contributed by atoms with E-state index in [-0.39, 0.29) is 0 Å². The molecule has 3 heteroatoms. The summed E-state index contributed by atoms with van der Waals surface area (Å²) in [7, 11) is 0. The number of carbonyl (C=O) groups is 1. The largest absolute Gasteiger partial charge is 0.293 e. The Morgan fingerprint density at radius 2 is 2.14 bits per heavy atom. The van der Waals surface area contributed by atoms with Crippen molar-refractivity contribution >= 4 is 28.9 Å². The zero-order valence-corrected chi connectivity index (χ0v) is 10.3. The molecule has 1 aromatic heterocycles. The summed E-state index contributed by atoms with van der Waals surface area (Å²) in [5, 5.41) is 0. The van der Waals surface area contributed by atoms with E-state index >= 15 is 0 Å². The predicted molar refractivity (Wildman–Crippen MR) is 64.6 cm³/mol. The van der Waals surface area contributed by atoms with Crippen LogP contribution in [0.2, 0.25) is 0 Å². The fourth-order valence-electron chi connectivity index (χ4n) is 1.10. The number of rotatable bonds is 6. The highest BCUT2D eigenvalue weighted by atomic mass is 32.2. The molecule has 0 bridgehead atoms. The number of ketones is 1. The lowest BCUT2D eigenvalue weighted by atomic mass is 10.2. The lowest BCUT2D eigenvalue weighted by Gasteiger charge is -1.93. The summed E-state index contributed by atoms with van der Waals surface area (Å²) in [6.45, 7) is 4.21. The third-order valence-corrected chi connectivity index (χ3v) is 4.34. The number of thiophene rings is 1. The Balaban J connectivity index is 2.54. The van der Waals surface area contributed by atoms with Crippen LogP contribution in [0.15, 0.2) is 16.3 Å². The molecule has 14 heavy (non-hydrogen) atoms. The van der Waals surface area contributed by atoms with Gasteiger partial charge in [0.05, 0.1) is 9.09 Å². The molecule has 78 valence electrons. The highest BCUT2D eigenvalue weighted by Crippen LogP contribution is 2.28. The zero-order valence-electron chi connectivity index (χ0n) is 8.71. The van der Waals surface area contributed by atoms with Crippen LogP contribution in [-0.4, -0.2) is 11.5 Å². The van der Waals surface area contributed by atoms with Gasteiger partial charge in [0.25, 0.3) is 0 Å². The monoisotopic (exact) mass is 228 g/mol. The number of hydrogen-bond acceptors (Lipinski definition) is 3. The molecule has 0 amide bonds. The van der Waals surface area contributed by atoms with Crippen LogP contribution in [0.4, 0.5) is 0 Å². The summed E-state index contributed by atoms with van der Waals surface area (Å²) in [4.78, 5) is 12.5. The average molecular weight is 228 g/mol. The van der Waals surface area contributed by atoms with Gasteiger partial charge in [0.1, 0.15) is 0 Å². The first kappa shape index (κ1) is 11.8. The van der Waals surface area contributed by atoms with Crippen molar-refractivity contribution in [2.24, 2.45) is 0 Å². The van der Waals surface area contributed by atoms with Gasteiger partial charge in [-0.05, 0) is 30.7 Å². The van der Waals surface area contributed by atoms with Crippen molar-refractivity contribution in [3.05, 3.63) is 17.0 Å². The SMILES string of the molecule is CCCSc1ccc(C(=O)CCC)s1. The zero-order chi connectivity index (χ0) is 10.4. The molecule has 0 aliphatic heterocycles. The Morgan fingerprint density at radius 3 is 2.79 bits per heavy atom. The second-order valence-corrected chi connectivity index (χ2v) is 5.62. The molecule has 0 fully saturated rings. The number of hydrogen-bond donors (Lipinski definition) is 0. The van der Waals surface area contributed by atoms with Gasteiger partial charge in [-0.25, -0.2) is 0 Å². The number of thioether (sulfide) groups is 1. The van der Waals surface area contributed by atoms with Crippen molar-refractivity contribution in [3.8, 4) is 0 Å². The van der Waals surface area contributed by atoms with Gasteiger partial charge in [-0.3, -0.25) is 4.79 Å². The molecule has 0 aromatic carbocycles. The summed E-state index contributed by atoms with van der Waals surface area (Å²) >= 11 is 3.48. The maximum absolute atomic E-state index is 11.5. The van der Waals surface area contributed by atoms with Crippen LogP contribution in [0.25, 0.3) is 0 Å². The first-order chi connectivity index (χ1) is 6.77. The van der Waals surface area contributed by atoms with Crippen molar-refractivity contribution in [1.82, 2.24) is 0 Å². The average Bonchev–Trinajstić information content (AvgIpc) is 2.63. The highest BCUT2D eigenvalue weighted by Gasteiger charge is 2.07. The van der Waals surface area contributed by atoms with E-state index in [1.165, 1.54) is 10.6 Å². The molecule has 1 heterocycles. The Morgan fingerprint density at radius 1 is 1.36 bits per heavy atom. The topological polar surface area (TPSA) is 17.1 Å². The third-order valence-electron chi connectivity index (χ3n) is 1.78. The lowest BCUT2D eigenvalue weighted by molar-refractivity contribution is 0.0985. The molecule has 0 aliphatic rings. The van der Waals surface area contributed by atoms with Crippen LogP contribution in [-0.2, 0) is 0 Å². The molecule has 0 spiro atoms. The van der Waals surface area contributed by atoms with Gasteiger partial charge in [-0.2, -0.15) is 0 Å². The van der Waals surface area contributed by atoms with Crippen molar-refractivity contribution in [2.45, 2.75) is 37.3 Å². The molecule has 0 radical (unpaired) electrons. The van der Waals surface area contributed by atoms with Crippen LogP contribution >= 0.6 is 23.1 Å². The summed E-state index contributed by atoms with van der Waals surface area (Å²) < 4.78 is 1.27. The first-order valence-corrected chi connectivity index (χ1v) is 6.84. The van der Waals surface area contributed by atoms with Crippen molar-refractivity contribution in [1.29, 1.82) is 0 Å². The van der Waals surface area contributed by atoms with Crippen LogP contribution in [0.1, 0.15) is 42.8 Å². The van der Waals surface area contributed by atoms with Gasteiger partial charge in [-0.1, -0.05) is 13.8 Å². The first-order valence-electron chi connectivity index (χ1n) is 5.03. The highest BCUT2D eigenvalue weighted by molar-refractivity contribution is 8.01. The minimum absolute atomic E-state index is 0.292. The van der Waals surface area contributed by atoms with E-state index in [0.717, 1.165) is 17.1 Å². The van der Waals surface area contributed by atoms with Gasteiger partial charge in [0.15, 0.2) is 5.78 Å². The van der Waals surface area contributed by atoms with E-state index in [2.05, 4.69) is 13.0 Å². The third kappa shape index (κ3) is 3.46. The molecule has 0 unspecified atom stereocenters. The summed E-state index contributed by atoms with van der Waals surface area (Å²) in [6.07, 6.45) is 2.80. The van der Waals surface area contributed by atoms with Crippen molar-refractivity contribution in [3.63, 3.8) is 0 Å². The van der Waals surface area contributed by atoms with E-state index in [1.54, 1.807) is 11.3 Å². The quantitative estimate of drug-likeness (QED) is 0.535. The van der Waals surface area contributed by atoms with Crippen LogP contribution in [0, 0.1) is 0 Å². The lowest BCUT2D eigenvalue weighted by Crippen LogP contribution is -1.93. The molecule has 0 aliphatic carbocycles. The van der Waals surface area contributed by atoms with Crippen molar-refractivity contribution in [2.75, 3.05) is 5.75 Å². The minimum Gasteiger partial charge on any atom is -0.293 e. The molecule has 0 saturated heterocycles. The Labute approximate surface area is 93.9 Å². The second kappa shape index (κ2) is 6.25. The van der Waals surface area contributed by atoms with Gasteiger partial charge < -0.3 is 0 Å². The van der Waals surface area contributed by atoms with Crippen molar-refractivity contribution < 1.29 is 4.79 Å². The summed E-state index contributed by atoms with van der Waals surface area (Å²) in [5.74, 6) is 1.43. The van der Waals surface area contributed by atoms with Crippen LogP contribution in [0.3, 0.4) is 0 Å². The molecule has 1 rings (SSSR count). The molecular formula is C11H16OS2. The number of Topliss-reactive ketones (excluding diaryl/α,β-unsaturated/α-hetero) is 1. The minimum atomic E-state index is 0.292. The van der Waals surface area contributed by atoms with E-state index in [1.807, 2.05) is 24.8 Å². The van der Waals surface area contributed by atoms with E-state index in [9.17, 15) is 4.79 Å². The van der Waals surface area contributed by atoms with Gasteiger partial charge >= 0.3 is 0 Å². The van der Waals surface area contributed by atoms with Gasteiger partial charge in [0, 0.05) is 6.42 Å². The van der Waals surface area contributed by atoms with E-state index in [0.29, 0.717) is 12.2 Å². The summed E-state index contributed by atoms with van der Waals surface area (Å²) in [5.41, 5.74) is 0. The Bertz CT molecular complexity index is 291. The summed E-state index contributed by atoms with van der Waals surface area (Å²) in [6, 6.07) is 4.02. The molecule has 1 nitrogen and oxygen atoms in total. The Kier molecular flexibility index (Phi) is 5.26. The molecule has 1 aromatic rings.